The molecule has 0 spiro atoms. The van der Waals surface area contributed by atoms with Gasteiger partial charge in [0.25, 0.3) is 0 Å². The second-order valence-corrected chi connectivity index (χ2v) is 4.41. The molecule has 0 unspecified atom stereocenters. The van der Waals surface area contributed by atoms with Crippen molar-refractivity contribution < 1.29 is 9.58 Å². The van der Waals surface area contributed by atoms with Gasteiger partial charge in [-0.15, -0.1) is 0 Å². The van der Waals surface area contributed by atoms with E-state index in [-0.39, 0.29) is 5.78 Å². The van der Waals surface area contributed by atoms with Crippen molar-refractivity contribution in [2.24, 2.45) is 0 Å². The largest absolute Gasteiger partial charge is 0.361 e. The quantitative estimate of drug-likeness (QED) is 0.421. The zero-order chi connectivity index (χ0) is 12.7. The van der Waals surface area contributed by atoms with Gasteiger partial charge in [-0.3, -0.25) is 4.79 Å². The molecule has 0 aliphatic carbocycles. The lowest BCUT2D eigenvalue weighted by Crippen LogP contribution is -2.33. The summed E-state index contributed by atoms with van der Waals surface area (Å²) in [6.45, 7) is 4.00. The van der Waals surface area contributed by atoms with Gasteiger partial charge in [0.1, 0.15) is 0 Å². The van der Waals surface area contributed by atoms with Crippen LogP contribution in [0.1, 0.15) is 38.7 Å². The zero-order valence-electron chi connectivity index (χ0n) is 10.4. The Balaban J connectivity index is 3.10. The molecule has 0 heterocycles. The van der Waals surface area contributed by atoms with Crippen molar-refractivity contribution >= 4 is 12.0 Å². The van der Waals surface area contributed by atoms with E-state index >= 15 is 0 Å². The monoisotopic (exact) mass is 230 g/mol. The lowest BCUT2D eigenvalue weighted by Gasteiger charge is -2.25. The summed E-state index contributed by atoms with van der Waals surface area (Å²) in [4.78, 5) is 14.9. The highest BCUT2D eigenvalue weighted by Gasteiger charge is 2.35. The van der Waals surface area contributed by atoms with Crippen molar-refractivity contribution in [2.45, 2.75) is 38.5 Å². The second kappa shape index (κ2) is 6.12. The first kappa shape index (κ1) is 13.3. The van der Waals surface area contributed by atoms with Gasteiger partial charge in [-0.25, -0.2) is 0 Å². The van der Waals surface area contributed by atoms with Gasteiger partial charge in [0, 0.05) is 0 Å². The standard InChI is InChI=1S/C14H18N2O/c1-3-4-10-14(2,13(17)11-16-15)12-8-6-5-7-9-12/h5-9,11H,3-4,10H2,1-2H3/t14-/m1/s1. The van der Waals surface area contributed by atoms with E-state index < -0.39 is 5.41 Å². The lowest BCUT2D eigenvalue weighted by atomic mass is 9.75. The molecule has 1 aromatic rings. The molecule has 0 N–H and O–H groups in total. The van der Waals surface area contributed by atoms with Crippen molar-refractivity contribution in [3.8, 4) is 0 Å². The van der Waals surface area contributed by atoms with Crippen molar-refractivity contribution in [2.75, 3.05) is 0 Å². The first-order valence-corrected chi connectivity index (χ1v) is 5.92. The van der Waals surface area contributed by atoms with E-state index in [1.807, 2.05) is 37.3 Å². The van der Waals surface area contributed by atoms with Crippen molar-refractivity contribution in [3.05, 3.63) is 41.4 Å². The molecule has 0 bridgehead atoms. The van der Waals surface area contributed by atoms with Crippen molar-refractivity contribution in [1.29, 1.82) is 0 Å². The molecule has 0 aliphatic heterocycles. The summed E-state index contributed by atoms with van der Waals surface area (Å²) >= 11 is 0. The van der Waals surface area contributed by atoms with Crippen LogP contribution in [-0.4, -0.2) is 16.8 Å². The smallest absolute Gasteiger partial charge is 0.324 e. The topological polar surface area (TPSA) is 53.5 Å². The Morgan fingerprint density at radius 2 is 2.06 bits per heavy atom. The third-order valence-corrected chi connectivity index (χ3v) is 3.16. The van der Waals surface area contributed by atoms with Crippen LogP contribution in [0.4, 0.5) is 0 Å². The molecule has 17 heavy (non-hydrogen) atoms. The predicted octanol–water partition coefficient (Wildman–Crippen LogP) is 3.00. The molecule has 0 saturated heterocycles. The molecule has 0 aromatic heterocycles. The minimum atomic E-state index is -0.594. The van der Waals surface area contributed by atoms with Crippen LogP contribution in [0.3, 0.4) is 0 Å². The Kier molecular flexibility index (Phi) is 4.80. The summed E-state index contributed by atoms with van der Waals surface area (Å²) in [5.41, 5.74) is 8.90. The zero-order valence-corrected chi connectivity index (χ0v) is 10.4. The molecule has 1 aromatic carbocycles. The van der Waals surface area contributed by atoms with Crippen molar-refractivity contribution in [1.82, 2.24) is 0 Å². The van der Waals surface area contributed by atoms with E-state index in [9.17, 15) is 4.79 Å². The van der Waals surface area contributed by atoms with Crippen LogP contribution < -0.4 is 0 Å². The molecule has 1 rings (SSSR count). The van der Waals surface area contributed by atoms with Crippen LogP contribution >= 0.6 is 0 Å². The van der Waals surface area contributed by atoms with Gasteiger partial charge >= 0.3 is 6.21 Å². The molecule has 0 amide bonds. The molecular formula is C14H18N2O. The summed E-state index contributed by atoms with van der Waals surface area (Å²) < 4.78 is 0. The van der Waals surface area contributed by atoms with Gasteiger partial charge in [-0.1, -0.05) is 50.1 Å². The van der Waals surface area contributed by atoms with Crippen LogP contribution in [0, 0.1) is 0 Å². The lowest BCUT2D eigenvalue weighted by molar-refractivity contribution is -0.121. The first-order valence-electron chi connectivity index (χ1n) is 5.92. The van der Waals surface area contributed by atoms with E-state index in [1.165, 1.54) is 0 Å². The van der Waals surface area contributed by atoms with Crippen LogP contribution in [-0.2, 0) is 10.2 Å². The molecule has 0 radical (unpaired) electrons. The normalized spacial score (nSPS) is 13.5. The minimum Gasteiger partial charge on any atom is -0.361 e. The maximum Gasteiger partial charge on any atom is 0.324 e. The van der Waals surface area contributed by atoms with Crippen molar-refractivity contribution in [3.63, 3.8) is 0 Å². The maximum absolute atomic E-state index is 12.1. The summed E-state index contributed by atoms with van der Waals surface area (Å²) in [5, 5.41) is 0. The van der Waals surface area contributed by atoms with E-state index in [1.54, 1.807) is 0 Å². The number of rotatable bonds is 6. The summed E-state index contributed by atoms with van der Waals surface area (Å²) in [5.74, 6) is -0.153. The number of carbonyl (C=O) groups excluding carboxylic acids is 1. The van der Waals surface area contributed by atoms with E-state index in [0.29, 0.717) is 0 Å². The number of nitrogens with zero attached hydrogens (tertiary/aromatic N) is 2. The van der Waals surface area contributed by atoms with Crippen LogP contribution in [0.2, 0.25) is 0 Å². The fourth-order valence-electron chi connectivity index (χ4n) is 1.94. The Morgan fingerprint density at radius 3 is 2.59 bits per heavy atom. The average Bonchev–Trinajstić information content (AvgIpc) is 2.37. The van der Waals surface area contributed by atoms with E-state index in [2.05, 4.69) is 11.7 Å². The number of unbranched alkanes of at least 4 members (excludes halogenated alkanes) is 1. The fraction of sp³-hybridized carbons (Fsp3) is 0.429. The van der Waals surface area contributed by atoms with Gasteiger partial charge in [0.15, 0.2) is 0 Å². The Hall–Kier alpha value is -1.73. The number of benzene rings is 1. The van der Waals surface area contributed by atoms with E-state index in [4.69, 9.17) is 5.53 Å². The Morgan fingerprint density at radius 1 is 1.41 bits per heavy atom. The number of hydrogen-bond donors (Lipinski definition) is 0. The van der Waals surface area contributed by atoms with E-state index in [0.717, 1.165) is 31.0 Å². The number of hydrogen-bond acceptors (Lipinski definition) is 1. The Labute approximate surface area is 102 Å². The molecular weight excluding hydrogens is 212 g/mol. The second-order valence-electron chi connectivity index (χ2n) is 4.41. The Bertz CT molecular complexity index is 421. The SMILES string of the molecule is CCCC[C@@](C)(C(=O)C=[N+]=[N-])c1ccccc1. The minimum absolute atomic E-state index is 0.153. The highest BCUT2D eigenvalue weighted by molar-refractivity contribution is 6.29. The average molecular weight is 230 g/mol. The highest BCUT2D eigenvalue weighted by Crippen LogP contribution is 2.30. The number of Topliss-reactive ketones (excluding diaryl/α,β-unsaturated/α-hetero) is 1. The molecule has 3 nitrogen and oxygen atoms in total. The third-order valence-electron chi connectivity index (χ3n) is 3.16. The van der Waals surface area contributed by atoms with Gasteiger partial charge in [-0.2, -0.15) is 4.79 Å². The number of carbonyl (C=O) groups is 1. The van der Waals surface area contributed by atoms with Gasteiger partial charge in [0.05, 0.1) is 5.41 Å². The summed E-state index contributed by atoms with van der Waals surface area (Å²) in [7, 11) is 0. The maximum atomic E-state index is 12.1. The first-order chi connectivity index (χ1) is 8.15. The highest BCUT2D eigenvalue weighted by atomic mass is 16.1. The van der Waals surface area contributed by atoms with Crippen LogP contribution in [0.25, 0.3) is 5.53 Å². The summed E-state index contributed by atoms with van der Waals surface area (Å²) in [6.07, 6.45) is 3.77. The van der Waals surface area contributed by atoms with Crippen LogP contribution in [0.15, 0.2) is 30.3 Å². The third kappa shape index (κ3) is 3.11. The molecule has 0 aliphatic rings. The van der Waals surface area contributed by atoms with Crippen LogP contribution in [0.5, 0.6) is 0 Å². The van der Waals surface area contributed by atoms with Gasteiger partial charge in [0.2, 0.25) is 5.78 Å². The van der Waals surface area contributed by atoms with Gasteiger partial charge in [-0.05, 0) is 18.9 Å². The molecule has 1 atom stereocenters. The van der Waals surface area contributed by atoms with Gasteiger partial charge < -0.3 is 5.53 Å². The molecule has 90 valence electrons. The number of ketones is 1. The molecule has 0 saturated carbocycles. The molecule has 3 heteroatoms. The predicted molar refractivity (Wildman–Crippen MR) is 68.0 cm³/mol. The fourth-order valence-corrected chi connectivity index (χ4v) is 1.94. The molecule has 0 fully saturated rings. The summed E-state index contributed by atoms with van der Waals surface area (Å²) in [6, 6.07) is 9.65.